The first kappa shape index (κ1) is 12.2. The molecule has 0 unspecified atom stereocenters. The molecule has 15 heavy (non-hydrogen) atoms. The molecule has 0 amide bonds. The fraction of sp³-hybridized carbons (Fsp3) is 0.636. The van der Waals surface area contributed by atoms with Crippen LogP contribution in [0.5, 0.6) is 0 Å². The lowest BCUT2D eigenvalue weighted by Gasteiger charge is -2.28. The number of hydrogen-bond donors (Lipinski definition) is 0. The van der Waals surface area contributed by atoms with Crippen molar-refractivity contribution in [3.63, 3.8) is 0 Å². The first-order chi connectivity index (χ1) is 7.16. The zero-order valence-corrected chi connectivity index (χ0v) is 10.3. The second-order valence-corrected chi connectivity index (χ2v) is 4.17. The highest BCUT2D eigenvalue weighted by atomic mass is 35.5. The van der Waals surface area contributed by atoms with Crippen LogP contribution in [0.4, 0.5) is 5.82 Å². The summed E-state index contributed by atoms with van der Waals surface area (Å²) >= 11 is 5.71. The predicted molar refractivity (Wildman–Crippen MR) is 64.6 cm³/mol. The highest BCUT2D eigenvalue weighted by Crippen LogP contribution is 2.16. The van der Waals surface area contributed by atoms with Gasteiger partial charge in [-0.15, -0.1) is 11.6 Å². The van der Waals surface area contributed by atoms with Crippen LogP contribution in [-0.4, -0.2) is 28.4 Å². The quantitative estimate of drug-likeness (QED) is 0.725. The number of rotatable bonds is 5. The lowest BCUT2D eigenvalue weighted by atomic mass is 10.2. The first-order valence-corrected chi connectivity index (χ1v) is 5.80. The molecular formula is C11H18ClN3. The van der Waals surface area contributed by atoms with Crippen LogP contribution in [0, 0.1) is 6.92 Å². The summed E-state index contributed by atoms with van der Waals surface area (Å²) < 4.78 is 0. The average Bonchev–Trinajstić information content (AvgIpc) is 2.20. The molecule has 0 fully saturated rings. The van der Waals surface area contributed by atoms with E-state index in [-0.39, 0.29) is 0 Å². The maximum absolute atomic E-state index is 5.71. The normalized spacial score (nSPS) is 10.7. The Balaban J connectivity index is 2.84. The third kappa shape index (κ3) is 3.34. The van der Waals surface area contributed by atoms with Crippen molar-refractivity contribution in [1.82, 2.24) is 9.97 Å². The van der Waals surface area contributed by atoms with Crippen molar-refractivity contribution >= 4 is 17.4 Å². The zero-order valence-electron chi connectivity index (χ0n) is 9.57. The summed E-state index contributed by atoms with van der Waals surface area (Å²) in [5, 5.41) is 0. The molecule has 0 aliphatic heterocycles. The second-order valence-electron chi connectivity index (χ2n) is 3.80. The first-order valence-electron chi connectivity index (χ1n) is 5.27. The summed E-state index contributed by atoms with van der Waals surface area (Å²) in [7, 11) is 0. The number of anilines is 1. The van der Waals surface area contributed by atoms with Gasteiger partial charge in [-0.05, 0) is 27.2 Å². The predicted octanol–water partition coefficient (Wildman–Crippen LogP) is 2.63. The van der Waals surface area contributed by atoms with Gasteiger partial charge in [-0.3, -0.25) is 4.98 Å². The highest BCUT2D eigenvalue weighted by molar-refractivity contribution is 6.17. The zero-order chi connectivity index (χ0) is 11.3. The molecule has 1 rings (SSSR count). The van der Waals surface area contributed by atoms with E-state index in [0.29, 0.717) is 11.9 Å². The summed E-state index contributed by atoms with van der Waals surface area (Å²) in [6.45, 7) is 7.23. The van der Waals surface area contributed by atoms with Crippen molar-refractivity contribution in [3.05, 3.63) is 18.1 Å². The smallest absolute Gasteiger partial charge is 0.150 e. The van der Waals surface area contributed by atoms with Crippen molar-refractivity contribution in [3.8, 4) is 0 Å². The molecule has 0 N–H and O–H groups in total. The van der Waals surface area contributed by atoms with Gasteiger partial charge >= 0.3 is 0 Å². The average molecular weight is 228 g/mol. The van der Waals surface area contributed by atoms with E-state index in [1.165, 1.54) is 0 Å². The molecular weight excluding hydrogens is 210 g/mol. The molecule has 1 heterocycles. The molecule has 4 heteroatoms. The van der Waals surface area contributed by atoms with Gasteiger partial charge in [0, 0.05) is 30.9 Å². The Kier molecular flexibility index (Phi) is 4.82. The van der Waals surface area contributed by atoms with Gasteiger partial charge in [0.05, 0.1) is 5.69 Å². The molecule has 3 nitrogen and oxygen atoms in total. The topological polar surface area (TPSA) is 29.0 Å². The van der Waals surface area contributed by atoms with E-state index in [9.17, 15) is 0 Å². The van der Waals surface area contributed by atoms with Crippen LogP contribution >= 0.6 is 11.6 Å². The fourth-order valence-corrected chi connectivity index (χ4v) is 1.64. The van der Waals surface area contributed by atoms with Crippen molar-refractivity contribution in [2.24, 2.45) is 0 Å². The van der Waals surface area contributed by atoms with Gasteiger partial charge < -0.3 is 4.90 Å². The van der Waals surface area contributed by atoms with Crippen LogP contribution in [0.3, 0.4) is 0 Å². The minimum absolute atomic E-state index is 0.420. The van der Waals surface area contributed by atoms with Crippen molar-refractivity contribution in [2.45, 2.75) is 33.2 Å². The van der Waals surface area contributed by atoms with Gasteiger partial charge in [-0.25, -0.2) is 4.98 Å². The monoisotopic (exact) mass is 227 g/mol. The van der Waals surface area contributed by atoms with Gasteiger partial charge in [0.1, 0.15) is 5.82 Å². The maximum Gasteiger partial charge on any atom is 0.150 e. The van der Waals surface area contributed by atoms with E-state index < -0.39 is 0 Å². The van der Waals surface area contributed by atoms with Gasteiger partial charge in [-0.2, -0.15) is 0 Å². The molecule has 1 aromatic heterocycles. The molecule has 0 bridgehead atoms. The number of halogens is 1. The van der Waals surface area contributed by atoms with Gasteiger partial charge in [0.15, 0.2) is 0 Å². The molecule has 0 spiro atoms. The Morgan fingerprint density at radius 2 is 2.00 bits per heavy atom. The SMILES string of the molecule is Cc1nccnc1N(CCCCl)C(C)C. The summed E-state index contributed by atoms with van der Waals surface area (Å²) in [5.41, 5.74) is 0.973. The van der Waals surface area contributed by atoms with Crippen LogP contribution in [0.2, 0.25) is 0 Å². The van der Waals surface area contributed by atoms with Crippen LogP contribution in [0.15, 0.2) is 12.4 Å². The summed E-state index contributed by atoms with van der Waals surface area (Å²) in [6, 6.07) is 0.420. The molecule has 0 aliphatic carbocycles. The van der Waals surface area contributed by atoms with Crippen molar-refractivity contribution in [2.75, 3.05) is 17.3 Å². The summed E-state index contributed by atoms with van der Waals surface area (Å²) in [5.74, 6) is 1.65. The van der Waals surface area contributed by atoms with E-state index in [1.54, 1.807) is 12.4 Å². The number of alkyl halides is 1. The molecule has 1 aromatic rings. The van der Waals surface area contributed by atoms with Crippen LogP contribution in [0.1, 0.15) is 26.0 Å². The minimum atomic E-state index is 0.420. The Labute approximate surface area is 96.5 Å². The van der Waals surface area contributed by atoms with Gasteiger partial charge in [0.2, 0.25) is 0 Å². The van der Waals surface area contributed by atoms with E-state index >= 15 is 0 Å². The number of aryl methyl sites for hydroxylation is 1. The van der Waals surface area contributed by atoms with E-state index in [4.69, 9.17) is 11.6 Å². The number of nitrogens with zero attached hydrogens (tertiary/aromatic N) is 3. The molecule has 0 saturated carbocycles. The van der Waals surface area contributed by atoms with E-state index in [0.717, 1.165) is 24.5 Å². The Bertz CT molecular complexity index is 302. The highest BCUT2D eigenvalue weighted by Gasteiger charge is 2.13. The Morgan fingerprint density at radius 1 is 1.33 bits per heavy atom. The van der Waals surface area contributed by atoms with Crippen LogP contribution < -0.4 is 4.90 Å². The second kappa shape index (κ2) is 5.91. The van der Waals surface area contributed by atoms with Crippen LogP contribution in [0.25, 0.3) is 0 Å². The molecule has 0 saturated heterocycles. The van der Waals surface area contributed by atoms with Crippen molar-refractivity contribution < 1.29 is 0 Å². The standard InChI is InChI=1S/C11H18ClN3/c1-9(2)15(8-4-5-12)11-10(3)13-6-7-14-11/h6-7,9H,4-5,8H2,1-3H3. The lowest BCUT2D eigenvalue weighted by Crippen LogP contribution is -2.33. The van der Waals surface area contributed by atoms with Gasteiger partial charge in [0.25, 0.3) is 0 Å². The maximum atomic E-state index is 5.71. The largest absolute Gasteiger partial charge is 0.353 e. The summed E-state index contributed by atoms with van der Waals surface area (Å²) in [6.07, 6.45) is 4.42. The lowest BCUT2D eigenvalue weighted by molar-refractivity contribution is 0.659. The summed E-state index contributed by atoms with van der Waals surface area (Å²) in [4.78, 5) is 10.9. The molecule has 84 valence electrons. The molecule has 0 atom stereocenters. The molecule has 0 aromatic carbocycles. The van der Waals surface area contributed by atoms with Crippen molar-refractivity contribution in [1.29, 1.82) is 0 Å². The van der Waals surface area contributed by atoms with Gasteiger partial charge in [-0.1, -0.05) is 0 Å². The number of hydrogen-bond acceptors (Lipinski definition) is 3. The third-order valence-corrected chi connectivity index (χ3v) is 2.55. The fourth-order valence-electron chi connectivity index (χ4n) is 1.52. The van der Waals surface area contributed by atoms with E-state index in [2.05, 4.69) is 28.7 Å². The third-order valence-electron chi connectivity index (χ3n) is 2.28. The Hall–Kier alpha value is -0.830. The molecule has 0 aliphatic rings. The minimum Gasteiger partial charge on any atom is -0.353 e. The molecule has 0 radical (unpaired) electrons. The van der Waals surface area contributed by atoms with Crippen LogP contribution in [-0.2, 0) is 0 Å². The Morgan fingerprint density at radius 3 is 2.53 bits per heavy atom. The number of aromatic nitrogens is 2. The van der Waals surface area contributed by atoms with E-state index in [1.807, 2.05) is 6.92 Å².